The summed E-state index contributed by atoms with van der Waals surface area (Å²) in [6, 6.07) is 0.303. The Balaban J connectivity index is 1.85. The lowest BCUT2D eigenvalue weighted by atomic mass is 10.1. The van der Waals surface area contributed by atoms with Crippen molar-refractivity contribution in [2.45, 2.75) is 44.7 Å². The van der Waals surface area contributed by atoms with E-state index >= 15 is 0 Å². The number of hydrogen-bond acceptors (Lipinski definition) is 3. The third kappa shape index (κ3) is 2.55. The van der Waals surface area contributed by atoms with E-state index in [4.69, 9.17) is 5.73 Å². The van der Waals surface area contributed by atoms with E-state index in [-0.39, 0.29) is 12.1 Å². The zero-order valence-corrected chi connectivity index (χ0v) is 10.2. The molecule has 1 unspecified atom stereocenters. The first-order valence-electron chi connectivity index (χ1n) is 6.47. The zero-order chi connectivity index (χ0) is 11.5. The SMILES string of the molecule is CC(C(=O)N1CCCCCC1)N1CC(N)C1. The topological polar surface area (TPSA) is 49.6 Å². The summed E-state index contributed by atoms with van der Waals surface area (Å²) >= 11 is 0. The van der Waals surface area contributed by atoms with E-state index in [0.717, 1.165) is 39.0 Å². The predicted octanol–water partition coefficient (Wildman–Crippen LogP) is 0.420. The summed E-state index contributed by atoms with van der Waals surface area (Å²) in [5.41, 5.74) is 5.74. The van der Waals surface area contributed by atoms with Crippen LogP contribution in [0.1, 0.15) is 32.6 Å². The monoisotopic (exact) mass is 225 g/mol. The van der Waals surface area contributed by atoms with Gasteiger partial charge in [0.25, 0.3) is 0 Å². The second-order valence-electron chi connectivity index (χ2n) is 5.13. The van der Waals surface area contributed by atoms with Crippen LogP contribution in [0.15, 0.2) is 0 Å². The normalized spacial score (nSPS) is 26.0. The molecule has 0 aliphatic carbocycles. The lowest BCUT2D eigenvalue weighted by Crippen LogP contribution is -2.62. The van der Waals surface area contributed by atoms with Crippen LogP contribution in [0.5, 0.6) is 0 Å². The number of likely N-dealkylation sites (tertiary alicyclic amines) is 2. The van der Waals surface area contributed by atoms with E-state index in [9.17, 15) is 4.79 Å². The molecule has 1 atom stereocenters. The molecule has 2 N–H and O–H groups in total. The molecule has 0 radical (unpaired) electrons. The molecule has 0 saturated carbocycles. The highest BCUT2D eigenvalue weighted by Gasteiger charge is 2.33. The van der Waals surface area contributed by atoms with Gasteiger partial charge in [0.2, 0.25) is 5.91 Å². The Bertz CT molecular complexity index is 243. The molecule has 2 aliphatic rings. The van der Waals surface area contributed by atoms with Gasteiger partial charge in [-0.3, -0.25) is 9.69 Å². The molecule has 2 fully saturated rings. The Morgan fingerprint density at radius 2 is 1.75 bits per heavy atom. The van der Waals surface area contributed by atoms with Crippen molar-refractivity contribution >= 4 is 5.91 Å². The zero-order valence-electron chi connectivity index (χ0n) is 10.2. The van der Waals surface area contributed by atoms with E-state index in [1.807, 2.05) is 11.8 Å². The van der Waals surface area contributed by atoms with E-state index in [1.54, 1.807) is 0 Å². The summed E-state index contributed by atoms with van der Waals surface area (Å²) in [4.78, 5) is 16.5. The molecule has 4 nitrogen and oxygen atoms in total. The van der Waals surface area contributed by atoms with Crippen LogP contribution in [0.4, 0.5) is 0 Å². The van der Waals surface area contributed by atoms with Crippen LogP contribution < -0.4 is 5.73 Å². The van der Waals surface area contributed by atoms with Crippen LogP contribution >= 0.6 is 0 Å². The van der Waals surface area contributed by atoms with Crippen molar-refractivity contribution in [1.29, 1.82) is 0 Å². The van der Waals surface area contributed by atoms with Crippen molar-refractivity contribution in [3.63, 3.8) is 0 Å². The fourth-order valence-electron chi connectivity index (χ4n) is 2.58. The minimum absolute atomic E-state index is 0.0258. The highest BCUT2D eigenvalue weighted by Crippen LogP contribution is 2.16. The molecule has 1 amide bonds. The number of hydrogen-bond donors (Lipinski definition) is 1. The van der Waals surface area contributed by atoms with Crippen LogP contribution in [-0.4, -0.2) is 54.0 Å². The molecule has 0 bridgehead atoms. The first-order valence-corrected chi connectivity index (χ1v) is 6.47. The largest absolute Gasteiger partial charge is 0.341 e. The van der Waals surface area contributed by atoms with Crippen molar-refractivity contribution in [1.82, 2.24) is 9.80 Å². The Morgan fingerprint density at radius 1 is 1.19 bits per heavy atom. The Morgan fingerprint density at radius 3 is 2.25 bits per heavy atom. The average molecular weight is 225 g/mol. The molecule has 2 aliphatic heterocycles. The summed E-state index contributed by atoms with van der Waals surface area (Å²) in [7, 11) is 0. The maximum atomic E-state index is 12.2. The first-order chi connectivity index (χ1) is 7.68. The van der Waals surface area contributed by atoms with Crippen LogP contribution in [0.2, 0.25) is 0 Å². The molecule has 0 aromatic rings. The van der Waals surface area contributed by atoms with Gasteiger partial charge in [0.15, 0.2) is 0 Å². The molecule has 2 rings (SSSR count). The smallest absolute Gasteiger partial charge is 0.239 e. The Hall–Kier alpha value is -0.610. The fourth-order valence-corrected chi connectivity index (χ4v) is 2.58. The van der Waals surface area contributed by atoms with Crippen LogP contribution in [0, 0.1) is 0 Å². The lowest BCUT2D eigenvalue weighted by Gasteiger charge is -2.41. The van der Waals surface area contributed by atoms with Gasteiger partial charge >= 0.3 is 0 Å². The van der Waals surface area contributed by atoms with Gasteiger partial charge in [-0.25, -0.2) is 0 Å². The summed E-state index contributed by atoms with van der Waals surface area (Å²) in [5.74, 6) is 0.300. The van der Waals surface area contributed by atoms with E-state index in [2.05, 4.69) is 4.90 Å². The number of nitrogens with zero attached hydrogens (tertiary/aromatic N) is 2. The van der Waals surface area contributed by atoms with E-state index < -0.39 is 0 Å². The summed E-state index contributed by atoms with van der Waals surface area (Å²) < 4.78 is 0. The van der Waals surface area contributed by atoms with Gasteiger partial charge in [0, 0.05) is 32.2 Å². The van der Waals surface area contributed by atoms with Crippen molar-refractivity contribution in [3.8, 4) is 0 Å². The molecular formula is C12H23N3O. The van der Waals surface area contributed by atoms with Crippen LogP contribution in [0.3, 0.4) is 0 Å². The van der Waals surface area contributed by atoms with Crippen LogP contribution in [0.25, 0.3) is 0 Å². The van der Waals surface area contributed by atoms with Gasteiger partial charge in [0.1, 0.15) is 0 Å². The van der Waals surface area contributed by atoms with Crippen molar-refractivity contribution in [2.75, 3.05) is 26.2 Å². The molecule has 92 valence electrons. The molecular weight excluding hydrogens is 202 g/mol. The number of nitrogens with two attached hydrogens (primary N) is 1. The number of carbonyl (C=O) groups excluding carboxylic acids is 1. The molecule has 2 saturated heterocycles. The maximum Gasteiger partial charge on any atom is 0.239 e. The molecule has 0 spiro atoms. The third-order valence-electron chi connectivity index (χ3n) is 3.76. The fraction of sp³-hybridized carbons (Fsp3) is 0.917. The van der Waals surface area contributed by atoms with E-state index in [0.29, 0.717) is 5.91 Å². The Labute approximate surface area is 97.8 Å². The number of rotatable bonds is 2. The summed E-state index contributed by atoms with van der Waals surface area (Å²) in [5, 5.41) is 0. The summed E-state index contributed by atoms with van der Waals surface area (Å²) in [6.45, 7) is 5.66. The molecule has 0 aromatic heterocycles. The van der Waals surface area contributed by atoms with Gasteiger partial charge < -0.3 is 10.6 Å². The molecule has 4 heteroatoms. The number of amides is 1. The second kappa shape index (κ2) is 5.15. The summed E-state index contributed by atoms with van der Waals surface area (Å²) in [6.07, 6.45) is 4.87. The highest BCUT2D eigenvalue weighted by molar-refractivity contribution is 5.81. The minimum Gasteiger partial charge on any atom is -0.341 e. The number of carbonyl (C=O) groups is 1. The first kappa shape index (κ1) is 11.9. The van der Waals surface area contributed by atoms with Gasteiger partial charge in [-0.15, -0.1) is 0 Å². The quantitative estimate of drug-likeness (QED) is 0.741. The highest BCUT2D eigenvalue weighted by atomic mass is 16.2. The van der Waals surface area contributed by atoms with Gasteiger partial charge in [-0.2, -0.15) is 0 Å². The van der Waals surface area contributed by atoms with Crippen LogP contribution in [-0.2, 0) is 4.79 Å². The van der Waals surface area contributed by atoms with Crippen molar-refractivity contribution < 1.29 is 4.79 Å². The molecule has 0 aromatic carbocycles. The third-order valence-corrected chi connectivity index (χ3v) is 3.76. The van der Waals surface area contributed by atoms with Gasteiger partial charge in [-0.05, 0) is 19.8 Å². The van der Waals surface area contributed by atoms with E-state index in [1.165, 1.54) is 12.8 Å². The van der Waals surface area contributed by atoms with Crippen molar-refractivity contribution in [2.24, 2.45) is 5.73 Å². The molecule has 2 heterocycles. The predicted molar refractivity (Wildman–Crippen MR) is 64.1 cm³/mol. The Kier molecular flexibility index (Phi) is 3.82. The van der Waals surface area contributed by atoms with Crippen molar-refractivity contribution in [3.05, 3.63) is 0 Å². The second-order valence-corrected chi connectivity index (χ2v) is 5.13. The van der Waals surface area contributed by atoms with Gasteiger partial charge in [-0.1, -0.05) is 12.8 Å². The lowest BCUT2D eigenvalue weighted by molar-refractivity contribution is -0.138. The standard InChI is InChI=1S/C12H23N3O/c1-10(15-8-11(13)9-15)12(16)14-6-4-2-3-5-7-14/h10-11H,2-9,13H2,1H3. The van der Waals surface area contributed by atoms with Gasteiger partial charge in [0.05, 0.1) is 6.04 Å². The maximum absolute atomic E-state index is 12.2. The average Bonchev–Trinajstić information content (AvgIpc) is 2.51. The minimum atomic E-state index is 0.0258. The molecule has 16 heavy (non-hydrogen) atoms.